The van der Waals surface area contributed by atoms with Gasteiger partial charge < -0.3 is 10.6 Å². The summed E-state index contributed by atoms with van der Waals surface area (Å²) in [4.78, 5) is 31.9. The van der Waals surface area contributed by atoms with Gasteiger partial charge in [0, 0.05) is 23.9 Å². The zero-order valence-electron chi connectivity index (χ0n) is 12.1. The quantitative estimate of drug-likeness (QED) is 0.897. The van der Waals surface area contributed by atoms with E-state index in [2.05, 4.69) is 20.6 Å². The minimum Gasteiger partial charge on any atom is -0.319 e. The Kier molecular flexibility index (Phi) is 3.97. The van der Waals surface area contributed by atoms with Crippen molar-refractivity contribution >= 4 is 23.3 Å². The average Bonchev–Trinajstić information content (AvgIpc) is 3.40. The van der Waals surface area contributed by atoms with Crippen LogP contribution in [-0.2, 0) is 4.79 Å². The molecule has 0 aliphatic heterocycles. The topological polar surface area (TPSA) is 108 Å². The molecule has 2 heterocycles. The lowest BCUT2D eigenvalue weighted by Gasteiger charge is -2.08. The number of hydrogen-bond donors (Lipinski definition) is 2. The van der Waals surface area contributed by atoms with Gasteiger partial charge in [-0.05, 0) is 37.1 Å². The van der Waals surface area contributed by atoms with E-state index in [-0.39, 0.29) is 17.5 Å². The molecule has 0 radical (unpaired) electrons. The Bertz CT molecular complexity index is 808. The summed E-state index contributed by atoms with van der Waals surface area (Å²) < 4.78 is 0. The Morgan fingerprint density at radius 2 is 2.00 bits per heavy atom. The SMILES string of the molecule is N#Cc1ncccc1NC(=O)c1ccnc(NC(=O)C2CC2)c1. The maximum atomic E-state index is 12.3. The van der Waals surface area contributed by atoms with E-state index in [0.29, 0.717) is 17.1 Å². The average molecular weight is 307 g/mol. The normalized spacial score (nSPS) is 13.0. The van der Waals surface area contributed by atoms with Crippen molar-refractivity contribution in [1.82, 2.24) is 9.97 Å². The first-order valence-electron chi connectivity index (χ1n) is 7.11. The van der Waals surface area contributed by atoms with Gasteiger partial charge in [-0.15, -0.1) is 0 Å². The van der Waals surface area contributed by atoms with Gasteiger partial charge in [0.25, 0.3) is 5.91 Å². The van der Waals surface area contributed by atoms with E-state index in [9.17, 15) is 9.59 Å². The van der Waals surface area contributed by atoms with Crippen LogP contribution in [0.2, 0.25) is 0 Å². The highest BCUT2D eigenvalue weighted by Crippen LogP contribution is 2.30. The second-order valence-electron chi connectivity index (χ2n) is 5.16. The summed E-state index contributed by atoms with van der Waals surface area (Å²) >= 11 is 0. The van der Waals surface area contributed by atoms with Gasteiger partial charge in [-0.3, -0.25) is 9.59 Å². The molecule has 2 amide bonds. The summed E-state index contributed by atoms with van der Waals surface area (Å²) in [5.41, 5.74) is 0.802. The number of aromatic nitrogens is 2. The Labute approximate surface area is 132 Å². The summed E-state index contributed by atoms with van der Waals surface area (Å²) in [6.07, 6.45) is 4.71. The van der Waals surface area contributed by atoms with Crippen LogP contribution in [0.4, 0.5) is 11.5 Å². The first-order chi connectivity index (χ1) is 11.2. The number of nitriles is 1. The van der Waals surface area contributed by atoms with Crippen molar-refractivity contribution in [3.8, 4) is 6.07 Å². The number of nitrogens with zero attached hydrogens (tertiary/aromatic N) is 3. The molecule has 2 N–H and O–H groups in total. The smallest absolute Gasteiger partial charge is 0.255 e. The van der Waals surface area contributed by atoms with Gasteiger partial charge in [0.1, 0.15) is 11.9 Å². The lowest BCUT2D eigenvalue weighted by molar-refractivity contribution is -0.117. The number of nitrogens with one attached hydrogen (secondary N) is 2. The fraction of sp³-hybridized carbons (Fsp3) is 0.188. The van der Waals surface area contributed by atoms with Crippen LogP contribution in [0.25, 0.3) is 0 Å². The van der Waals surface area contributed by atoms with Gasteiger partial charge in [0.2, 0.25) is 5.91 Å². The number of rotatable bonds is 4. The molecule has 0 saturated heterocycles. The summed E-state index contributed by atoms with van der Waals surface area (Å²) in [5, 5.41) is 14.3. The van der Waals surface area contributed by atoms with Crippen molar-refractivity contribution in [1.29, 1.82) is 5.26 Å². The van der Waals surface area contributed by atoms with Crippen molar-refractivity contribution < 1.29 is 9.59 Å². The van der Waals surface area contributed by atoms with Crippen LogP contribution < -0.4 is 10.6 Å². The van der Waals surface area contributed by atoms with E-state index in [1.807, 2.05) is 6.07 Å². The number of anilines is 2. The zero-order valence-corrected chi connectivity index (χ0v) is 12.1. The molecule has 7 nitrogen and oxygen atoms in total. The van der Waals surface area contributed by atoms with Crippen molar-refractivity contribution in [2.45, 2.75) is 12.8 Å². The van der Waals surface area contributed by atoms with Crippen molar-refractivity contribution in [3.05, 3.63) is 47.9 Å². The Morgan fingerprint density at radius 3 is 2.74 bits per heavy atom. The van der Waals surface area contributed by atoms with Crippen molar-refractivity contribution in [2.24, 2.45) is 5.92 Å². The van der Waals surface area contributed by atoms with Gasteiger partial charge in [0.05, 0.1) is 5.69 Å². The summed E-state index contributed by atoms with van der Waals surface area (Å²) in [6, 6.07) is 8.17. The molecule has 3 rings (SSSR count). The van der Waals surface area contributed by atoms with Crippen LogP contribution >= 0.6 is 0 Å². The van der Waals surface area contributed by atoms with Gasteiger partial charge in [-0.2, -0.15) is 5.26 Å². The lowest BCUT2D eigenvalue weighted by Crippen LogP contribution is -2.17. The number of carbonyl (C=O) groups excluding carboxylic acids is 2. The number of amides is 2. The Hall–Kier alpha value is -3.27. The predicted octanol–water partition coefficient (Wildman–Crippen LogP) is 1.95. The molecule has 1 saturated carbocycles. The van der Waals surface area contributed by atoms with Crippen LogP contribution in [0.15, 0.2) is 36.7 Å². The molecular formula is C16H13N5O2. The molecule has 0 atom stereocenters. The Balaban J connectivity index is 1.74. The van der Waals surface area contributed by atoms with Crippen LogP contribution in [0.1, 0.15) is 28.9 Å². The van der Waals surface area contributed by atoms with Crippen LogP contribution in [0.3, 0.4) is 0 Å². The number of hydrogen-bond acceptors (Lipinski definition) is 5. The Morgan fingerprint density at radius 1 is 1.17 bits per heavy atom. The maximum Gasteiger partial charge on any atom is 0.255 e. The number of pyridine rings is 2. The van der Waals surface area contributed by atoms with E-state index in [1.165, 1.54) is 24.5 Å². The minimum absolute atomic E-state index is 0.0582. The third kappa shape index (κ3) is 3.49. The molecule has 0 bridgehead atoms. The summed E-state index contributed by atoms with van der Waals surface area (Å²) in [7, 11) is 0. The molecule has 7 heteroatoms. The van der Waals surface area contributed by atoms with Gasteiger partial charge in [-0.1, -0.05) is 0 Å². The largest absolute Gasteiger partial charge is 0.319 e. The highest BCUT2D eigenvalue weighted by atomic mass is 16.2. The van der Waals surface area contributed by atoms with Crippen LogP contribution in [0.5, 0.6) is 0 Å². The summed E-state index contributed by atoms with van der Waals surface area (Å²) in [5.74, 6) is -0.0861. The third-order valence-corrected chi connectivity index (χ3v) is 3.38. The first-order valence-corrected chi connectivity index (χ1v) is 7.11. The maximum absolute atomic E-state index is 12.3. The van der Waals surface area contributed by atoms with E-state index < -0.39 is 5.91 Å². The second kappa shape index (κ2) is 6.23. The standard InChI is InChI=1S/C16H13N5O2/c17-9-13-12(2-1-6-18-13)20-16(23)11-5-7-19-14(8-11)21-15(22)10-3-4-10/h1-2,5-8,10H,3-4H2,(H,20,23)(H,19,21,22). The zero-order chi connectivity index (χ0) is 16.2. The molecule has 1 aliphatic carbocycles. The molecule has 0 unspecified atom stereocenters. The first kappa shape index (κ1) is 14.7. The molecule has 114 valence electrons. The van der Waals surface area contributed by atoms with Crippen molar-refractivity contribution in [3.63, 3.8) is 0 Å². The third-order valence-electron chi connectivity index (χ3n) is 3.38. The lowest BCUT2D eigenvalue weighted by atomic mass is 10.2. The van der Waals surface area contributed by atoms with Gasteiger partial charge in [-0.25, -0.2) is 9.97 Å². The van der Waals surface area contributed by atoms with E-state index in [0.717, 1.165) is 12.8 Å². The highest BCUT2D eigenvalue weighted by molar-refractivity contribution is 6.05. The fourth-order valence-electron chi connectivity index (χ4n) is 2.00. The molecule has 23 heavy (non-hydrogen) atoms. The van der Waals surface area contributed by atoms with E-state index >= 15 is 0 Å². The number of carbonyl (C=O) groups is 2. The summed E-state index contributed by atoms with van der Waals surface area (Å²) in [6.45, 7) is 0. The molecule has 0 aromatic carbocycles. The predicted molar refractivity (Wildman–Crippen MR) is 82.5 cm³/mol. The van der Waals surface area contributed by atoms with Crippen LogP contribution in [-0.4, -0.2) is 21.8 Å². The molecule has 1 fully saturated rings. The molecule has 1 aliphatic rings. The molecule has 2 aromatic rings. The minimum atomic E-state index is -0.404. The fourth-order valence-corrected chi connectivity index (χ4v) is 2.00. The second-order valence-corrected chi connectivity index (χ2v) is 5.16. The molecule has 0 spiro atoms. The van der Waals surface area contributed by atoms with Gasteiger partial charge in [0.15, 0.2) is 5.69 Å². The van der Waals surface area contributed by atoms with Gasteiger partial charge >= 0.3 is 0 Å². The monoisotopic (exact) mass is 307 g/mol. The van der Waals surface area contributed by atoms with Crippen LogP contribution in [0, 0.1) is 17.2 Å². The van der Waals surface area contributed by atoms with E-state index in [4.69, 9.17) is 5.26 Å². The molecule has 2 aromatic heterocycles. The van der Waals surface area contributed by atoms with Crippen molar-refractivity contribution in [2.75, 3.05) is 10.6 Å². The van der Waals surface area contributed by atoms with E-state index in [1.54, 1.807) is 12.1 Å². The molecular weight excluding hydrogens is 294 g/mol. The highest BCUT2D eigenvalue weighted by Gasteiger charge is 2.29.